The van der Waals surface area contributed by atoms with E-state index < -0.39 is 17.7 Å². The number of hydrogen-bond donors (Lipinski definition) is 1. The Kier molecular flexibility index (Phi) is 4.75. The second kappa shape index (κ2) is 6.54. The van der Waals surface area contributed by atoms with Gasteiger partial charge in [0.15, 0.2) is 23.1 Å². The average molecular weight is 293 g/mol. The molecule has 3 nitrogen and oxygen atoms in total. The van der Waals surface area contributed by atoms with Crippen LogP contribution >= 0.6 is 0 Å². The van der Waals surface area contributed by atoms with E-state index in [-0.39, 0.29) is 5.56 Å². The highest BCUT2D eigenvalue weighted by Gasteiger charge is 2.20. The van der Waals surface area contributed by atoms with Gasteiger partial charge >= 0.3 is 0 Å². The van der Waals surface area contributed by atoms with Crippen LogP contribution in [0.25, 0.3) is 0 Å². The van der Waals surface area contributed by atoms with Crippen molar-refractivity contribution < 1.29 is 18.3 Å². The van der Waals surface area contributed by atoms with Crippen LogP contribution in [0.15, 0.2) is 36.4 Å². The molecule has 21 heavy (non-hydrogen) atoms. The number of rotatable bonds is 5. The second-order valence-electron chi connectivity index (χ2n) is 4.48. The highest BCUT2D eigenvalue weighted by molar-refractivity contribution is 5.46. The van der Waals surface area contributed by atoms with Crippen LogP contribution in [0.1, 0.15) is 17.2 Å². The van der Waals surface area contributed by atoms with E-state index in [2.05, 4.69) is 5.32 Å². The molecule has 0 radical (unpaired) electrons. The molecule has 0 fully saturated rings. The topological polar surface area (TPSA) is 30.5 Å². The van der Waals surface area contributed by atoms with Crippen molar-refractivity contribution in [1.82, 2.24) is 5.32 Å². The zero-order valence-electron chi connectivity index (χ0n) is 12.1. The van der Waals surface area contributed by atoms with Crippen LogP contribution in [0.2, 0.25) is 0 Å². The van der Waals surface area contributed by atoms with E-state index in [1.165, 1.54) is 13.2 Å². The molecule has 2 aromatic rings. The molecule has 0 aromatic heterocycles. The lowest BCUT2D eigenvalue weighted by atomic mass is 9.97. The van der Waals surface area contributed by atoms with Gasteiger partial charge in [-0.15, -0.1) is 0 Å². The summed E-state index contributed by atoms with van der Waals surface area (Å²) in [5, 5.41) is 2.99. The van der Waals surface area contributed by atoms with E-state index in [4.69, 9.17) is 9.47 Å². The molecule has 2 rings (SSSR count). The summed E-state index contributed by atoms with van der Waals surface area (Å²) >= 11 is 0. The fourth-order valence-corrected chi connectivity index (χ4v) is 2.28. The van der Waals surface area contributed by atoms with Crippen molar-refractivity contribution in [3.8, 4) is 11.5 Å². The molecule has 0 spiro atoms. The first kappa shape index (κ1) is 15.3. The Balaban J connectivity index is 2.49. The first-order valence-electron chi connectivity index (χ1n) is 6.45. The van der Waals surface area contributed by atoms with Gasteiger partial charge in [0, 0.05) is 5.56 Å². The van der Waals surface area contributed by atoms with Crippen LogP contribution in [0, 0.1) is 11.6 Å². The third kappa shape index (κ3) is 2.97. The first-order chi connectivity index (χ1) is 10.1. The Hall–Kier alpha value is -2.14. The minimum Gasteiger partial charge on any atom is -0.493 e. The van der Waals surface area contributed by atoms with Crippen molar-refractivity contribution in [1.29, 1.82) is 0 Å². The van der Waals surface area contributed by atoms with Gasteiger partial charge in [-0.2, -0.15) is 0 Å². The normalized spacial score (nSPS) is 12.0. The van der Waals surface area contributed by atoms with E-state index in [0.29, 0.717) is 11.5 Å². The molecule has 0 aliphatic rings. The lowest BCUT2D eigenvalue weighted by Gasteiger charge is -2.19. The maximum Gasteiger partial charge on any atom is 0.163 e. The summed E-state index contributed by atoms with van der Waals surface area (Å²) in [5.41, 5.74) is 0.990. The van der Waals surface area contributed by atoms with Crippen molar-refractivity contribution in [3.63, 3.8) is 0 Å². The maximum absolute atomic E-state index is 14.0. The third-order valence-electron chi connectivity index (χ3n) is 3.32. The van der Waals surface area contributed by atoms with Crippen molar-refractivity contribution in [2.45, 2.75) is 6.04 Å². The van der Waals surface area contributed by atoms with Gasteiger partial charge in [-0.3, -0.25) is 0 Å². The number of benzene rings is 2. The quantitative estimate of drug-likeness (QED) is 0.917. The van der Waals surface area contributed by atoms with Gasteiger partial charge in [0.05, 0.1) is 20.3 Å². The van der Waals surface area contributed by atoms with Crippen molar-refractivity contribution in [2.24, 2.45) is 0 Å². The molecular formula is C16H17F2NO2. The molecule has 1 atom stereocenters. The largest absolute Gasteiger partial charge is 0.493 e. The van der Waals surface area contributed by atoms with Crippen LogP contribution in [0.3, 0.4) is 0 Å². The van der Waals surface area contributed by atoms with Gasteiger partial charge in [-0.25, -0.2) is 8.78 Å². The van der Waals surface area contributed by atoms with Crippen molar-refractivity contribution in [3.05, 3.63) is 59.2 Å². The molecule has 1 unspecified atom stereocenters. The van der Waals surface area contributed by atoms with Crippen LogP contribution in [-0.2, 0) is 0 Å². The molecule has 112 valence electrons. The van der Waals surface area contributed by atoms with Crippen LogP contribution in [-0.4, -0.2) is 21.3 Å². The summed E-state index contributed by atoms with van der Waals surface area (Å²) in [5.74, 6) is -0.609. The zero-order chi connectivity index (χ0) is 15.4. The fraction of sp³-hybridized carbons (Fsp3) is 0.250. The molecule has 0 aliphatic carbocycles. The molecule has 0 heterocycles. The standard InChI is InChI=1S/C16H17F2NO2/c1-19-16(11-5-4-6-12(17)15(11)18)10-7-8-13(20-2)14(9-10)21-3/h4-9,16,19H,1-3H3. The number of halogens is 2. The molecule has 0 amide bonds. The molecule has 0 saturated heterocycles. The van der Waals surface area contributed by atoms with Gasteiger partial charge in [0.1, 0.15) is 0 Å². The molecule has 0 bridgehead atoms. The van der Waals surface area contributed by atoms with Gasteiger partial charge in [-0.05, 0) is 30.8 Å². The number of hydrogen-bond acceptors (Lipinski definition) is 3. The summed E-state index contributed by atoms with van der Waals surface area (Å²) in [6.45, 7) is 0. The highest BCUT2D eigenvalue weighted by Crippen LogP contribution is 2.33. The third-order valence-corrected chi connectivity index (χ3v) is 3.32. The molecule has 0 saturated carbocycles. The average Bonchev–Trinajstić information content (AvgIpc) is 2.51. The second-order valence-corrected chi connectivity index (χ2v) is 4.48. The molecular weight excluding hydrogens is 276 g/mol. The Morgan fingerprint density at radius 1 is 1.00 bits per heavy atom. The van der Waals surface area contributed by atoms with Crippen LogP contribution < -0.4 is 14.8 Å². The molecule has 2 aromatic carbocycles. The van der Waals surface area contributed by atoms with E-state index in [1.54, 1.807) is 38.4 Å². The zero-order valence-corrected chi connectivity index (χ0v) is 12.1. The summed E-state index contributed by atoms with van der Waals surface area (Å²) < 4.78 is 37.8. The Bertz CT molecular complexity index is 632. The van der Waals surface area contributed by atoms with Gasteiger partial charge < -0.3 is 14.8 Å². The summed E-state index contributed by atoms with van der Waals surface area (Å²) in [6, 6.07) is 8.91. The summed E-state index contributed by atoms with van der Waals surface area (Å²) in [6.07, 6.45) is 0. The van der Waals surface area contributed by atoms with E-state index in [1.807, 2.05) is 0 Å². The van der Waals surface area contributed by atoms with Gasteiger partial charge in [0.2, 0.25) is 0 Å². The minimum atomic E-state index is -0.867. The van der Waals surface area contributed by atoms with Crippen molar-refractivity contribution >= 4 is 0 Å². The highest BCUT2D eigenvalue weighted by atomic mass is 19.2. The lowest BCUT2D eigenvalue weighted by molar-refractivity contribution is 0.354. The molecule has 0 aliphatic heterocycles. The molecule has 5 heteroatoms. The predicted molar refractivity (Wildman–Crippen MR) is 76.8 cm³/mol. The number of nitrogens with one attached hydrogen (secondary N) is 1. The summed E-state index contributed by atoms with van der Waals surface area (Å²) in [4.78, 5) is 0. The Labute approximate surface area is 122 Å². The van der Waals surface area contributed by atoms with Gasteiger partial charge in [-0.1, -0.05) is 18.2 Å². The predicted octanol–water partition coefficient (Wildman–Crippen LogP) is 3.29. The van der Waals surface area contributed by atoms with Crippen molar-refractivity contribution in [2.75, 3.05) is 21.3 Å². The Morgan fingerprint density at radius 2 is 1.71 bits per heavy atom. The minimum absolute atomic E-state index is 0.240. The summed E-state index contributed by atoms with van der Waals surface area (Å²) in [7, 11) is 4.75. The maximum atomic E-state index is 14.0. The van der Waals surface area contributed by atoms with Crippen LogP contribution in [0.4, 0.5) is 8.78 Å². The smallest absolute Gasteiger partial charge is 0.163 e. The van der Waals surface area contributed by atoms with Crippen LogP contribution in [0.5, 0.6) is 11.5 Å². The van der Waals surface area contributed by atoms with E-state index >= 15 is 0 Å². The van der Waals surface area contributed by atoms with E-state index in [9.17, 15) is 8.78 Å². The molecule has 1 N–H and O–H groups in total. The van der Waals surface area contributed by atoms with E-state index in [0.717, 1.165) is 11.6 Å². The SMILES string of the molecule is CNC(c1ccc(OC)c(OC)c1)c1cccc(F)c1F. The van der Waals surface area contributed by atoms with Gasteiger partial charge in [0.25, 0.3) is 0 Å². The first-order valence-corrected chi connectivity index (χ1v) is 6.45. The monoisotopic (exact) mass is 293 g/mol. The lowest BCUT2D eigenvalue weighted by Crippen LogP contribution is -2.19. The Morgan fingerprint density at radius 3 is 2.33 bits per heavy atom. The number of methoxy groups -OCH3 is 2. The fourth-order valence-electron chi connectivity index (χ4n) is 2.28. The number of ether oxygens (including phenoxy) is 2.